The molecule has 3 aromatic carbocycles. The minimum atomic E-state index is -0.129. The molecule has 0 fully saturated rings. The van der Waals surface area contributed by atoms with Gasteiger partial charge in [-0.1, -0.05) is 87.4 Å². The number of aryl methyl sites for hydroxylation is 2. The molecule has 0 aromatic heterocycles. The van der Waals surface area contributed by atoms with E-state index in [1.54, 1.807) is 6.07 Å². The lowest BCUT2D eigenvalue weighted by atomic mass is 9.97. The predicted octanol–water partition coefficient (Wildman–Crippen LogP) is 7.45. The second kappa shape index (κ2) is 8.80. The summed E-state index contributed by atoms with van der Waals surface area (Å²) in [7, 11) is 0. The molecule has 0 aliphatic carbocycles. The third-order valence-electron chi connectivity index (χ3n) is 4.87. The SMILES string of the molecule is CCCCc1ccc(-c2ccc(-c3ccc(CCC)cc3)cc2)c(F)c1. The lowest BCUT2D eigenvalue weighted by Crippen LogP contribution is -1.90. The molecule has 0 N–H and O–H groups in total. The van der Waals surface area contributed by atoms with Crippen LogP contribution in [0.5, 0.6) is 0 Å². The van der Waals surface area contributed by atoms with Crippen LogP contribution in [0.15, 0.2) is 66.7 Å². The van der Waals surface area contributed by atoms with Gasteiger partial charge in [-0.25, -0.2) is 4.39 Å². The van der Waals surface area contributed by atoms with E-state index < -0.39 is 0 Å². The van der Waals surface area contributed by atoms with E-state index in [1.165, 1.54) is 11.1 Å². The van der Waals surface area contributed by atoms with Crippen molar-refractivity contribution in [3.05, 3.63) is 83.7 Å². The fourth-order valence-corrected chi connectivity index (χ4v) is 3.32. The molecule has 134 valence electrons. The average Bonchev–Trinajstić information content (AvgIpc) is 2.68. The second-order valence-electron chi connectivity index (χ2n) is 6.94. The highest BCUT2D eigenvalue weighted by Gasteiger charge is 2.07. The molecule has 0 aliphatic heterocycles. The Bertz CT molecular complexity index is 829. The van der Waals surface area contributed by atoms with Gasteiger partial charge in [-0.15, -0.1) is 0 Å². The van der Waals surface area contributed by atoms with Gasteiger partial charge in [-0.2, -0.15) is 0 Å². The van der Waals surface area contributed by atoms with E-state index in [0.717, 1.165) is 48.8 Å². The Labute approximate surface area is 156 Å². The highest BCUT2D eigenvalue weighted by atomic mass is 19.1. The molecule has 1 heteroatoms. The largest absolute Gasteiger partial charge is 0.206 e. The summed E-state index contributed by atoms with van der Waals surface area (Å²) in [5, 5.41) is 0. The van der Waals surface area contributed by atoms with Crippen LogP contribution in [0.25, 0.3) is 22.3 Å². The highest BCUT2D eigenvalue weighted by Crippen LogP contribution is 2.28. The van der Waals surface area contributed by atoms with Crippen molar-refractivity contribution in [3.8, 4) is 22.3 Å². The average molecular weight is 346 g/mol. The van der Waals surface area contributed by atoms with Gasteiger partial charge >= 0.3 is 0 Å². The Morgan fingerprint density at radius 1 is 0.615 bits per heavy atom. The van der Waals surface area contributed by atoms with Crippen molar-refractivity contribution >= 4 is 0 Å². The Morgan fingerprint density at radius 3 is 1.77 bits per heavy atom. The lowest BCUT2D eigenvalue weighted by Gasteiger charge is -2.08. The van der Waals surface area contributed by atoms with Crippen molar-refractivity contribution in [2.24, 2.45) is 0 Å². The molecule has 0 atom stereocenters. The summed E-state index contributed by atoms with van der Waals surface area (Å²) >= 11 is 0. The first-order valence-electron chi connectivity index (χ1n) is 9.69. The maximum Gasteiger partial charge on any atom is 0.131 e. The Balaban J connectivity index is 1.79. The van der Waals surface area contributed by atoms with Crippen LogP contribution >= 0.6 is 0 Å². The minimum absolute atomic E-state index is 0.129. The summed E-state index contributed by atoms with van der Waals surface area (Å²) in [4.78, 5) is 0. The number of hydrogen-bond acceptors (Lipinski definition) is 0. The van der Waals surface area contributed by atoms with E-state index in [-0.39, 0.29) is 5.82 Å². The van der Waals surface area contributed by atoms with E-state index in [2.05, 4.69) is 56.3 Å². The highest BCUT2D eigenvalue weighted by molar-refractivity contribution is 5.71. The summed E-state index contributed by atoms with van der Waals surface area (Å²) in [6, 6.07) is 22.6. The summed E-state index contributed by atoms with van der Waals surface area (Å²) in [5.74, 6) is -0.129. The summed E-state index contributed by atoms with van der Waals surface area (Å²) in [5.41, 5.74) is 6.42. The van der Waals surface area contributed by atoms with Crippen LogP contribution in [0.4, 0.5) is 4.39 Å². The van der Waals surface area contributed by atoms with Crippen LogP contribution < -0.4 is 0 Å². The first-order chi connectivity index (χ1) is 12.7. The Hall–Kier alpha value is -2.41. The Kier molecular flexibility index (Phi) is 6.22. The summed E-state index contributed by atoms with van der Waals surface area (Å²) in [6.45, 7) is 4.35. The zero-order valence-corrected chi connectivity index (χ0v) is 15.8. The molecule has 26 heavy (non-hydrogen) atoms. The van der Waals surface area contributed by atoms with Crippen molar-refractivity contribution < 1.29 is 4.39 Å². The van der Waals surface area contributed by atoms with Crippen LogP contribution in [-0.4, -0.2) is 0 Å². The first kappa shape index (κ1) is 18.4. The molecule has 0 spiro atoms. The standard InChI is InChI=1S/C25H27F/c1-3-5-7-20-10-17-24(25(26)18-20)23-15-13-22(14-16-23)21-11-8-19(6-4-2)9-12-21/h8-18H,3-7H2,1-2H3. The van der Waals surface area contributed by atoms with Gasteiger partial charge < -0.3 is 0 Å². The zero-order valence-electron chi connectivity index (χ0n) is 15.8. The molecule has 0 unspecified atom stereocenters. The molecule has 0 saturated carbocycles. The Morgan fingerprint density at radius 2 is 1.19 bits per heavy atom. The summed E-state index contributed by atoms with van der Waals surface area (Å²) in [6.07, 6.45) is 5.46. The quantitative estimate of drug-likeness (QED) is 0.416. The zero-order chi connectivity index (χ0) is 18.4. The van der Waals surface area contributed by atoms with Crippen LogP contribution in [0.3, 0.4) is 0 Å². The van der Waals surface area contributed by atoms with Gasteiger partial charge in [-0.05, 0) is 53.1 Å². The van der Waals surface area contributed by atoms with Crippen LogP contribution in [0, 0.1) is 5.82 Å². The van der Waals surface area contributed by atoms with Crippen LogP contribution in [-0.2, 0) is 12.8 Å². The monoisotopic (exact) mass is 346 g/mol. The van der Waals surface area contributed by atoms with Crippen molar-refractivity contribution in [1.29, 1.82) is 0 Å². The van der Waals surface area contributed by atoms with Gasteiger partial charge in [0.2, 0.25) is 0 Å². The van der Waals surface area contributed by atoms with E-state index >= 15 is 0 Å². The van der Waals surface area contributed by atoms with Crippen LogP contribution in [0.1, 0.15) is 44.2 Å². The number of unbranched alkanes of at least 4 members (excludes halogenated alkanes) is 1. The van der Waals surface area contributed by atoms with Crippen molar-refractivity contribution in [3.63, 3.8) is 0 Å². The lowest BCUT2D eigenvalue weighted by molar-refractivity contribution is 0.627. The van der Waals surface area contributed by atoms with Crippen molar-refractivity contribution in [2.45, 2.75) is 46.0 Å². The van der Waals surface area contributed by atoms with Gasteiger partial charge in [0, 0.05) is 5.56 Å². The van der Waals surface area contributed by atoms with E-state index in [0.29, 0.717) is 5.56 Å². The third-order valence-corrected chi connectivity index (χ3v) is 4.87. The molecular formula is C25H27F. The molecule has 0 amide bonds. The van der Waals surface area contributed by atoms with Gasteiger partial charge in [0.25, 0.3) is 0 Å². The molecule has 0 saturated heterocycles. The number of halogens is 1. The molecule has 3 rings (SSSR count). The normalized spacial score (nSPS) is 10.9. The molecule has 0 radical (unpaired) electrons. The minimum Gasteiger partial charge on any atom is -0.206 e. The fourth-order valence-electron chi connectivity index (χ4n) is 3.32. The number of rotatable bonds is 7. The molecule has 3 aromatic rings. The van der Waals surface area contributed by atoms with Crippen molar-refractivity contribution in [1.82, 2.24) is 0 Å². The smallest absolute Gasteiger partial charge is 0.131 e. The second-order valence-corrected chi connectivity index (χ2v) is 6.94. The van der Waals surface area contributed by atoms with Gasteiger partial charge in [-0.3, -0.25) is 0 Å². The molecular weight excluding hydrogens is 319 g/mol. The third kappa shape index (κ3) is 4.40. The molecule has 0 bridgehead atoms. The predicted molar refractivity (Wildman–Crippen MR) is 110 cm³/mol. The molecule has 0 heterocycles. The topological polar surface area (TPSA) is 0 Å². The van der Waals surface area contributed by atoms with E-state index in [1.807, 2.05) is 18.2 Å². The van der Waals surface area contributed by atoms with Gasteiger partial charge in [0.15, 0.2) is 0 Å². The molecule has 0 nitrogen and oxygen atoms in total. The fraction of sp³-hybridized carbons (Fsp3) is 0.280. The van der Waals surface area contributed by atoms with Gasteiger partial charge in [0.1, 0.15) is 5.82 Å². The maximum atomic E-state index is 14.5. The number of hydrogen-bond donors (Lipinski definition) is 0. The number of benzene rings is 3. The molecule has 0 aliphatic rings. The first-order valence-corrected chi connectivity index (χ1v) is 9.69. The van der Waals surface area contributed by atoms with Crippen molar-refractivity contribution in [2.75, 3.05) is 0 Å². The van der Waals surface area contributed by atoms with Gasteiger partial charge in [0.05, 0.1) is 0 Å². The van der Waals surface area contributed by atoms with E-state index in [4.69, 9.17) is 0 Å². The van der Waals surface area contributed by atoms with E-state index in [9.17, 15) is 4.39 Å². The maximum absolute atomic E-state index is 14.5. The summed E-state index contributed by atoms with van der Waals surface area (Å²) < 4.78 is 14.5. The van der Waals surface area contributed by atoms with Crippen LogP contribution in [0.2, 0.25) is 0 Å².